The van der Waals surface area contributed by atoms with Gasteiger partial charge in [0.2, 0.25) is 0 Å². The van der Waals surface area contributed by atoms with Gasteiger partial charge < -0.3 is 43.2 Å². The number of rotatable bonds is 12. The molecular formula is C43H69CaO10P3. The van der Waals surface area contributed by atoms with Gasteiger partial charge in [-0.3, -0.25) is 4.57 Å². The fourth-order valence-corrected chi connectivity index (χ4v) is 8.96. The minimum absolute atomic E-state index is 0. The van der Waals surface area contributed by atoms with Crippen LogP contribution < -0.4 is 9.79 Å². The van der Waals surface area contributed by atoms with E-state index < -0.39 is 15.2 Å². The van der Waals surface area contributed by atoms with Crippen LogP contribution in [0.2, 0.25) is 0 Å². The number of aromatic hydroxyl groups is 3. The van der Waals surface area contributed by atoms with E-state index in [2.05, 4.69) is 41.5 Å². The normalized spacial score (nSPS) is 13.6. The number of hydrogen-bond donors (Lipinski definition) is 3. The van der Waals surface area contributed by atoms with E-state index in [1.807, 2.05) is 67.5 Å². The molecule has 0 radical (unpaired) electrons. The van der Waals surface area contributed by atoms with Crippen molar-refractivity contribution in [3.8, 4) is 17.2 Å². The minimum Gasteiger partial charge on any atom is -0.831 e. The Morgan fingerprint density at radius 2 is 0.877 bits per heavy atom. The SMILES string of the molecule is CCOP(=O)(Cc1cc(C(C)(C)C)c(O)c(C(C)(C)C)c1)OCC.CCOP(=O)([O-])Cc1cc(C(C)(C)C)c(O)c(C(C)(C)C)c1.[Ca+2].[O-]PCc1ccc(O)cc1. The van der Waals surface area contributed by atoms with E-state index in [9.17, 15) is 29.1 Å². The zero-order valence-corrected chi connectivity index (χ0v) is 42.2. The van der Waals surface area contributed by atoms with Crippen molar-refractivity contribution in [1.29, 1.82) is 0 Å². The largest absolute Gasteiger partial charge is 2.00 e. The van der Waals surface area contributed by atoms with E-state index in [0.717, 1.165) is 33.4 Å². The van der Waals surface area contributed by atoms with Gasteiger partial charge in [0.1, 0.15) is 24.8 Å². The van der Waals surface area contributed by atoms with Crippen LogP contribution >= 0.6 is 24.0 Å². The molecule has 318 valence electrons. The first-order chi connectivity index (χ1) is 25.4. The first-order valence-electron chi connectivity index (χ1n) is 19.1. The molecule has 0 saturated heterocycles. The van der Waals surface area contributed by atoms with E-state index in [1.54, 1.807) is 43.3 Å². The second-order valence-corrected chi connectivity index (χ2v) is 22.4. The summed E-state index contributed by atoms with van der Waals surface area (Å²) < 4.78 is 40.5. The van der Waals surface area contributed by atoms with Gasteiger partial charge in [0, 0.05) is 6.16 Å². The molecule has 0 spiro atoms. The molecule has 0 fully saturated rings. The van der Waals surface area contributed by atoms with Gasteiger partial charge in [0.25, 0.3) is 0 Å². The van der Waals surface area contributed by atoms with Gasteiger partial charge in [-0.05, 0) is 99.7 Å². The Labute approximate surface area is 375 Å². The van der Waals surface area contributed by atoms with Crippen LogP contribution in [0.5, 0.6) is 17.2 Å². The van der Waals surface area contributed by atoms with Gasteiger partial charge in [-0.25, -0.2) is 8.81 Å². The predicted molar refractivity (Wildman–Crippen MR) is 234 cm³/mol. The smallest absolute Gasteiger partial charge is 0.831 e. The molecule has 2 atom stereocenters. The molecule has 3 N–H and O–H groups in total. The van der Waals surface area contributed by atoms with Gasteiger partial charge in [-0.2, -0.15) is 0 Å². The van der Waals surface area contributed by atoms with Crippen molar-refractivity contribution >= 4 is 61.7 Å². The molecule has 0 amide bonds. The average molecular weight is 879 g/mol. The van der Waals surface area contributed by atoms with E-state index >= 15 is 0 Å². The summed E-state index contributed by atoms with van der Waals surface area (Å²) in [6.07, 6.45) is 0.620. The van der Waals surface area contributed by atoms with Gasteiger partial charge in [0.05, 0.1) is 26.0 Å². The number of hydrogen-bond acceptors (Lipinski definition) is 10. The van der Waals surface area contributed by atoms with Crippen LogP contribution in [0, 0.1) is 0 Å². The molecule has 10 nitrogen and oxygen atoms in total. The second kappa shape index (κ2) is 23.3. The van der Waals surface area contributed by atoms with Crippen LogP contribution in [0.3, 0.4) is 0 Å². The van der Waals surface area contributed by atoms with E-state index in [0.29, 0.717) is 30.7 Å². The average Bonchev–Trinajstić information content (AvgIpc) is 3.02. The number of phenolic OH excluding ortho intramolecular Hbond substituents is 3. The summed E-state index contributed by atoms with van der Waals surface area (Å²) in [5.74, 6) is 0.820. The molecule has 2 unspecified atom stereocenters. The van der Waals surface area contributed by atoms with Crippen LogP contribution in [0.15, 0.2) is 48.5 Å². The summed E-state index contributed by atoms with van der Waals surface area (Å²) in [5, 5.41) is 30.2. The Morgan fingerprint density at radius 1 is 0.561 bits per heavy atom. The Bertz CT molecular complexity index is 1700. The van der Waals surface area contributed by atoms with Crippen molar-refractivity contribution in [2.45, 2.75) is 144 Å². The number of benzene rings is 3. The van der Waals surface area contributed by atoms with Crippen LogP contribution in [0.1, 0.15) is 143 Å². The maximum absolute atomic E-state index is 12.9. The van der Waals surface area contributed by atoms with Gasteiger partial charge in [-0.15, -0.1) is 0 Å². The Hall–Kier alpha value is -0.990. The molecule has 0 aliphatic rings. The number of phenols is 3. The van der Waals surface area contributed by atoms with Gasteiger partial charge in [-0.1, -0.05) is 119 Å². The molecule has 3 rings (SSSR count). The monoisotopic (exact) mass is 878 g/mol. The van der Waals surface area contributed by atoms with Crippen molar-refractivity contribution < 1.29 is 47.8 Å². The standard InChI is InChI=1S/C19H33O4P.C17H29O4P.C7H8O2P.Ca/c1-9-22-24(21,23-10-2)13-14-11-15(18(3,4)5)17(20)16(12-14)19(6,7)8;1-8-21-22(19,20)11-12-9-13(16(2,3)4)15(18)14(10-12)17(5,6)7;8-7-3-1-6(2-4-7)5-10-9;/h11-12,20H,9-10,13H2,1-8H3;9-10,18H,8,11H2,1-7H3,(H,19,20);1-4,8,10H,5H2;/q;;-1;+2/p-1. The minimum atomic E-state index is -3.91. The van der Waals surface area contributed by atoms with Crippen molar-refractivity contribution in [1.82, 2.24) is 0 Å². The predicted octanol–water partition coefficient (Wildman–Crippen LogP) is 10.3. The zero-order valence-electron chi connectivity index (χ0n) is 37.2. The first kappa shape index (κ1) is 56.0. The van der Waals surface area contributed by atoms with Gasteiger partial charge >= 0.3 is 45.3 Å². The van der Waals surface area contributed by atoms with Crippen molar-refractivity contribution in [3.63, 3.8) is 0 Å². The summed E-state index contributed by atoms with van der Waals surface area (Å²) in [6.45, 7) is 30.4. The van der Waals surface area contributed by atoms with Crippen molar-refractivity contribution in [2.24, 2.45) is 0 Å². The molecule has 0 aliphatic heterocycles. The summed E-state index contributed by atoms with van der Waals surface area (Å²) in [7, 11) is -7.39. The molecule has 0 heterocycles. The van der Waals surface area contributed by atoms with E-state index in [-0.39, 0.29) is 98.6 Å². The third kappa shape index (κ3) is 19.1. The van der Waals surface area contributed by atoms with Crippen LogP contribution in [0.25, 0.3) is 0 Å². The molecule has 14 heteroatoms. The quantitative estimate of drug-likeness (QED) is 0.118. The van der Waals surface area contributed by atoms with E-state index in [4.69, 9.17) is 18.7 Å². The van der Waals surface area contributed by atoms with Crippen LogP contribution in [-0.4, -0.2) is 72.9 Å². The van der Waals surface area contributed by atoms with Gasteiger partial charge in [0.15, 0.2) is 0 Å². The Kier molecular flexibility index (Phi) is 22.9. The first-order valence-corrected chi connectivity index (χ1v) is 23.7. The second-order valence-electron chi connectivity index (χ2n) is 17.9. The summed E-state index contributed by atoms with van der Waals surface area (Å²) in [4.78, 5) is 22.1. The molecular weight excluding hydrogens is 809 g/mol. The molecule has 57 heavy (non-hydrogen) atoms. The molecule has 0 aromatic heterocycles. The Morgan fingerprint density at radius 3 is 1.16 bits per heavy atom. The molecule has 0 bridgehead atoms. The molecule has 3 aromatic rings. The van der Waals surface area contributed by atoms with Crippen LogP contribution in [-0.2, 0) is 62.8 Å². The zero-order chi connectivity index (χ0) is 43.5. The summed E-state index contributed by atoms with van der Waals surface area (Å²) in [5.41, 5.74) is 4.73. The fraction of sp³-hybridized carbons (Fsp3) is 0.581. The maximum Gasteiger partial charge on any atom is 2.00 e. The van der Waals surface area contributed by atoms with Crippen molar-refractivity contribution in [3.05, 3.63) is 87.5 Å². The topological polar surface area (TPSA) is 169 Å². The molecule has 0 saturated carbocycles. The molecule has 3 aromatic carbocycles. The fourth-order valence-electron chi connectivity index (χ4n) is 5.77. The molecule has 0 aliphatic carbocycles. The van der Waals surface area contributed by atoms with Crippen LogP contribution in [0.4, 0.5) is 0 Å². The summed E-state index contributed by atoms with van der Waals surface area (Å²) in [6, 6.07) is 14.1. The summed E-state index contributed by atoms with van der Waals surface area (Å²) >= 11 is 0. The third-order valence-electron chi connectivity index (χ3n) is 8.51. The third-order valence-corrected chi connectivity index (χ3v) is 12.5. The van der Waals surface area contributed by atoms with E-state index in [1.165, 1.54) is 0 Å². The van der Waals surface area contributed by atoms with Crippen molar-refractivity contribution in [2.75, 3.05) is 19.8 Å². The maximum atomic E-state index is 12.9. The Balaban J connectivity index is 0.000000878.